The maximum Gasteiger partial charge on any atom is 0.573 e. The molecule has 2 heterocycles. The number of nitrogens with zero attached hydrogens (tertiary/aromatic N) is 2. The summed E-state index contributed by atoms with van der Waals surface area (Å²) in [7, 11) is -4.10. The number of aromatic nitrogens is 2. The fourth-order valence-electron chi connectivity index (χ4n) is 3.73. The molecule has 0 saturated carbocycles. The van der Waals surface area contributed by atoms with Crippen LogP contribution in [0, 0.1) is 0 Å². The minimum atomic E-state index is -4.79. The van der Waals surface area contributed by atoms with Gasteiger partial charge < -0.3 is 14.5 Å². The summed E-state index contributed by atoms with van der Waals surface area (Å²) in [5.41, 5.74) is 1.74. The van der Waals surface area contributed by atoms with Crippen molar-refractivity contribution in [2.45, 2.75) is 30.2 Å². The van der Waals surface area contributed by atoms with Crippen molar-refractivity contribution in [1.29, 1.82) is 0 Å². The van der Waals surface area contributed by atoms with E-state index in [1.165, 1.54) is 40.4 Å². The van der Waals surface area contributed by atoms with Crippen LogP contribution in [0.5, 0.6) is 11.5 Å². The van der Waals surface area contributed by atoms with Gasteiger partial charge in [0.2, 0.25) is 10.0 Å². The van der Waals surface area contributed by atoms with Crippen LogP contribution in [-0.2, 0) is 10.0 Å². The SMILES string of the molecule is O=C(NO)c1c(S(=O)(=O)N2CCC(Oc3ccc(OC(F)(F)F)cc3)CC2)ccc2nc[nH]c12. The fraction of sp³-hybridized carbons (Fsp3) is 0.300. The number of hydrogen-bond acceptors (Lipinski definition) is 7. The van der Waals surface area contributed by atoms with E-state index < -0.39 is 22.3 Å². The van der Waals surface area contributed by atoms with Gasteiger partial charge in [-0.1, -0.05) is 0 Å². The van der Waals surface area contributed by atoms with E-state index in [-0.39, 0.29) is 40.9 Å². The van der Waals surface area contributed by atoms with Gasteiger partial charge in [-0.2, -0.15) is 4.31 Å². The third-order valence-corrected chi connectivity index (χ3v) is 7.21. The molecule has 34 heavy (non-hydrogen) atoms. The number of amides is 1. The van der Waals surface area contributed by atoms with Gasteiger partial charge in [0.15, 0.2) is 0 Å². The van der Waals surface area contributed by atoms with E-state index in [4.69, 9.17) is 9.94 Å². The molecular weight excluding hydrogens is 481 g/mol. The van der Waals surface area contributed by atoms with Gasteiger partial charge in [-0.05, 0) is 49.2 Å². The molecule has 0 atom stereocenters. The lowest BCUT2D eigenvalue weighted by Crippen LogP contribution is -2.42. The van der Waals surface area contributed by atoms with Crippen molar-refractivity contribution in [2.24, 2.45) is 0 Å². The second-order valence-electron chi connectivity index (χ2n) is 7.42. The van der Waals surface area contributed by atoms with Gasteiger partial charge in [0, 0.05) is 13.1 Å². The van der Waals surface area contributed by atoms with Crippen LogP contribution in [0.4, 0.5) is 13.2 Å². The smallest absolute Gasteiger partial charge is 0.490 e. The fourth-order valence-corrected chi connectivity index (χ4v) is 5.39. The van der Waals surface area contributed by atoms with Crippen molar-refractivity contribution in [3.05, 3.63) is 48.3 Å². The van der Waals surface area contributed by atoms with E-state index in [1.807, 2.05) is 0 Å². The highest BCUT2D eigenvalue weighted by Gasteiger charge is 2.34. The third-order valence-electron chi connectivity index (χ3n) is 5.27. The Labute approximate surface area is 191 Å². The van der Waals surface area contributed by atoms with Crippen LogP contribution in [0.1, 0.15) is 23.2 Å². The number of hydroxylamine groups is 1. The van der Waals surface area contributed by atoms with Crippen molar-refractivity contribution in [3.8, 4) is 11.5 Å². The number of fused-ring (bicyclic) bond motifs is 1. The van der Waals surface area contributed by atoms with Gasteiger partial charge in [0.25, 0.3) is 5.91 Å². The van der Waals surface area contributed by atoms with Crippen LogP contribution in [0.3, 0.4) is 0 Å². The second-order valence-corrected chi connectivity index (χ2v) is 9.32. The van der Waals surface area contributed by atoms with Gasteiger partial charge in [0.1, 0.15) is 17.6 Å². The number of imidazole rings is 1. The molecular formula is C20H19F3N4O6S. The Morgan fingerprint density at radius 2 is 1.76 bits per heavy atom. The summed E-state index contributed by atoms with van der Waals surface area (Å²) < 4.78 is 74.2. The molecule has 0 spiro atoms. The van der Waals surface area contributed by atoms with E-state index in [2.05, 4.69) is 14.7 Å². The molecule has 10 nitrogen and oxygen atoms in total. The maximum absolute atomic E-state index is 13.3. The number of carbonyl (C=O) groups is 1. The van der Waals surface area contributed by atoms with Crippen molar-refractivity contribution in [3.63, 3.8) is 0 Å². The van der Waals surface area contributed by atoms with Crippen LogP contribution in [-0.4, -0.2) is 59.4 Å². The molecule has 14 heteroatoms. The molecule has 1 fully saturated rings. The number of ether oxygens (including phenoxy) is 2. The summed E-state index contributed by atoms with van der Waals surface area (Å²) in [5.74, 6) is -1.05. The first-order valence-electron chi connectivity index (χ1n) is 10.0. The third kappa shape index (κ3) is 4.93. The van der Waals surface area contributed by atoms with Crippen LogP contribution < -0.4 is 15.0 Å². The predicted octanol–water partition coefficient (Wildman–Crippen LogP) is 2.81. The largest absolute Gasteiger partial charge is 0.573 e. The lowest BCUT2D eigenvalue weighted by molar-refractivity contribution is -0.274. The maximum atomic E-state index is 13.3. The van der Waals surface area contributed by atoms with Gasteiger partial charge in [0.05, 0.1) is 27.8 Å². The van der Waals surface area contributed by atoms with Gasteiger partial charge >= 0.3 is 6.36 Å². The average molecular weight is 500 g/mol. The topological polar surface area (TPSA) is 134 Å². The number of halogens is 3. The number of nitrogens with one attached hydrogen (secondary N) is 2. The molecule has 3 aromatic rings. The van der Waals surface area contributed by atoms with Crippen LogP contribution in [0.2, 0.25) is 0 Å². The number of benzene rings is 2. The lowest BCUT2D eigenvalue weighted by atomic mass is 10.1. The first kappa shape index (κ1) is 23.8. The lowest BCUT2D eigenvalue weighted by Gasteiger charge is -2.31. The van der Waals surface area contributed by atoms with Gasteiger partial charge in [-0.25, -0.2) is 18.9 Å². The van der Waals surface area contributed by atoms with E-state index >= 15 is 0 Å². The molecule has 1 aliphatic heterocycles. The average Bonchev–Trinajstić information content (AvgIpc) is 3.27. The molecule has 0 aliphatic carbocycles. The highest BCUT2D eigenvalue weighted by atomic mass is 32.2. The molecule has 182 valence electrons. The number of hydrogen-bond donors (Lipinski definition) is 3. The summed E-state index contributed by atoms with van der Waals surface area (Å²) in [4.78, 5) is 18.7. The van der Waals surface area contributed by atoms with Crippen LogP contribution >= 0.6 is 0 Å². The number of aromatic amines is 1. The van der Waals surface area contributed by atoms with E-state index in [0.29, 0.717) is 24.1 Å². The Balaban J connectivity index is 1.46. The summed E-state index contributed by atoms with van der Waals surface area (Å²) >= 11 is 0. The zero-order valence-corrected chi connectivity index (χ0v) is 18.2. The first-order chi connectivity index (χ1) is 16.1. The Morgan fingerprint density at radius 1 is 1.12 bits per heavy atom. The molecule has 2 aromatic carbocycles. The van der Waals surface area contributed by atoms with Crippen LogP contribution in [0.15, 0.2) is 47.6 Å². The monoisotopic (exact) mass is 500 g/mol. The summed E-state index contributed by atoms with van der Waals surface area (Å²) in [6, 6.07) is 7.64. The summed E-state index contributed by atoms with van der Waals surface area (Å²) in [6.45, 7) is 0.174. The molecule has 4 rings (SSSR count). The Kier molecular flexibility index (Phi) is 6.38. The zero-order chi connectivity index (χ0) is 24.5. The molecule has 1 amide bonds. The van der Waals surface area contributed by atoms with Crippen molar-refractivity contribution in [1.82, 2.24) is 19.8 Å². The first-order valence-corrected chi connectivity index (χ1v) is 11.5. The van der Waals surface area contributed by atoms with Gasteiger partial charge in [-0.3, -0.25) is 10.0 Å². The Bertz CT molecular complexity index is 1290. The van der Waals surface area contributed by atoms with Crippen molar-refractivity contribution < 1.29 is 41.1 Å². The zero-order valence-electron chi connectivity index (χ0n) is 17.4. The number of H-pyrrole nitrogens is 1. The number of piperidine rings is 1. The van der Waals surface area contributed by atoms with E-state index in [0.717, 1.165) is 12.1 Å². The summed E-state index contributed by atoms with van der Waals surface area (Å²) in [5, 5.41) is 9.11. The van der Waals surface area contributed by atoms with Crippen molar-refractivity contribution in [2.75, 3.05) is 13.1 Å². The quantitative estimate of drug-likeness (QED) is 0.350. The highest BCUT2D eigenvalue weighted by molar-refractivity contribution is 7.89. The molecule has 0 radical (unpaired) electrons. The molecule has 1 aromatic heterocycles. The minimum Gasteiger partial charge on any atom is -0.490 e. The molecule has 1 aliphatic rings. The summed E-state index contributed by atoms with van der Waals surface area (Å²) in [6.07, 6.45) is -3.22. The Hall–Kier alpha value is -3.36. The van der Waals surface area contributed by atoms with E-state index in [9.17, 15) is 26.4 Å². The molecule has 0 unspecified atom stereocenters. The predicted molar refractivity (Wildman–Crippen MR) is 111 cm³/mol. The Morgan fingerprint density at radius 3 is 2.38 bits per heavy atom. The number of rotatable bonds is 6. The minimum absolute atomic E-state index is 0.0868. The van der Waals surface area contributed by atoms with E-state index in [1.54, 1.807) is 0 Å². The number of carbonyl (C=O) groups excluding carboxylic acids is 1. The van der Waals surface area contributed by atoms with Gasteiger partial charge in [-0.15, -0.1) is 13.2 Å². The van der Waals surface area contributed by atoms with Crippen molar-refractivity contribution >= 4 is 27.0 Å². The molecule has 0 bridgehead atoms. The second kappa shape index (κ2) is 9.12. The van der Waals surface area contributed by atoms with Crippen LogP contribution in [0.25, 0.3) is 11.0 Å². The molecule has 3 N–H and O–H groups in total. The highest BCUT2D eigenvalue weighted by Crippen LogP contribution is 2.30. The number of sulfonamides is 1. The number of alkyl halides is 3. The molecule has 1 saturated heterocycles. The normalized spacial score (nSPS) is 15.9. The standard InChI is InChI=1S/C20H19F3N4O6S/c21-20(22,23)33-14-3-1-12(2-4-14)32-13-7-9-27(10-8-13)34(30,31)16-6-5-15-18(25-11-24-15)17(16)19(28)26-29/h1-6,11,13,29H,7-10H2,(H,24,25)(H,26,28).